The molecule has 0 aromatic carbocycles. The summed E-state index contributed by atoms with van der Waals surface area (Å²) in [7, 11) is 0. The molecule has 2 rings (SSSR count). The smallest absolute Gasteiger partial charge is 0.0380 e. The van der Waals surface area contributed by atoms with E-state index in [9.17, 15) is 0 Å². The standard InChI is InChI=1S/C13H22N2/c1-4-14-9-5-6-13(14)10-15-11(2)7-8-12(15)3/h7-8,13H,4-6,9-10H2,1-3H3. The van der Waals surface area contributed by atoms with E-state index < -0.39 is 0 Å². The van der Waals surface area contributed by atoms with Crippen LogP contribution in [0.1, 0.15) is 31.2 Å². The summed E-state index contributed by atoms with van der Waals surface area (Å²) in [5, 5.41) is 0. The van der Waals surface area contributed by atoms with Gasteiger partial charge in [-0.05, 0) is 51.9 Å². The predicted molar refractivity (Wildman–Crippen MR) is 64.2 cm³/mol. The lowest BCUT2D eigenvalue weighted by molar-refractivity contribution is 0.242. The summed E-state index contributed by atoms with van der Waals surface area (Å²) in [6.07, 6.45) is 2.74. The molecule has 1 fully saturated rings. The number of likely N-dealkylation sites (N-methyl/N-ethyl adjacent to an activating group) is 1. The van der Waals surface area contributed by atoms with Crippen LogP contribution in [0.25, 0.3) is 0 Å². The molecule has 1 atom stereocenters. The molecule has 0 aliphatic carbocycles. The molecule has 1 aromatic rings. The van der Waals surface area contributed by atoms with E-state index in [0.29, 0.717) is 0 Å². The van der Waals surface area contributed by atoms with Crippen LogP contribution in [0, 0.1) is 13.8 Å². The summed E-state index contributed by atoms with van der Waals surface area (Å²) >= 11 is 0. The maximum atomic E-state index is 2.61. The molecular weight excluding hydrogens is 184 g/mol. The largest absolute Gasteiger partial charge is 0.348 e. The van der Waals surface area contributed by atoms with Crippen molar-refractivity contribution in [2.24, 2.45) is 0 Å². The molecule has 0 saturated carbocycles. The highest BCUT2D eigenvalue weighted by Crippen LogP contribution is 2.20. The van der Waals surface area contributed by atoms with Gasteiger partial charge in [-0.15, -0.1) is 0 Å². The molecular formula is C13H22N2. The first-order valence-electron chi connectivity index (χ1n) is 6.09. The van der Waals surface area contributed by atoms with Crippen LogP contribution >= 0.6 is 0 Å². The van der Waals surface area contributed by atoms with E-state index in [0.717, 1.165) is 6.04 Å². The van der Waals surface area contributed by atoms with Gasteiger partial charge in [0, 0.05) is 24.0 Å². The van der Waals surface area contributed by atoms with E-state index in [-0.39, 0.29) is 0 Å². The van der Waals surface area contributed by atoms with Gasteiger partial charge in [-0.1, -0.05) is 6.92 Å². The average Bonchev–Trinajstić information content (AvgIpc) is 2.79. The van der Waals surface area contributed by atoms with Gasteiger partial charge in [0.05, 0.1) is 0 Å². The van der Waals surface area contributed by atoms with Crippen LogP contribution in [-0.2, 0) is 6.54 Å². The fraction of sp³-hybridized carbons (Fsp3) is 0.692. The zero-order valence-electron chi connectivity index (χ0n) is 10.2. The summed E-state index contributed by atoms with van der Waals surface area (Å²) in [6, 6.07) is 5.21. The Labute approximate surface area is 92.9 Å². The SMILES string of the molecule is CCN1CCCC1Cn1c(C)ccc1C. The lowest BCUT2D eigenvalue weighted by Crippen LogP contribution is -2.33. The van der Waals surface area contributed by atoms with Crippen LogP contribution in [-0.4, -0.2) is 28.6 Å². The number of likely N-dealkylation sites (tertiary alicyclic amines) is 1. The zero-order valence-corrected chi connectivity index (χ0v) is 10.2. The van der Waals surface area contributed by atoms with Gasteiger partial charge in [0.15, 0.2) is 0 Å². The Balaban J connectivity index is 2.08. The Morgan fingerprint density at radius 1 is 1.27 bits per heavy atom. The topological polar surface area (TPSA) is 8.17 Å². The minimum absolute atomic E-state index is 0.764. The molecule has 0 spiro atoms. The molecule has 2 heteroatoms. The van der Waals surface area contributed by atoms with Gasteiger partial charge in [0.2, 0.25) is 0 Å². The van der Waals surface area contributed by atoms with E-state index in [1.165, 1.54) is 43.9 Å². The third kappa shape index (κ3) is 2.10. The van der Waals surface area contributed by atoms with E-state index in [2.05, 4.69) is 42.4 Å². The quantitative estimate of drug-likeness (QED) is 0.738. The van der Waals surface area contributed by atoms with Gasteiger partial charge in [-0.2, -0.15) is 0 Å². The van der Waals surface area contributed by atoms with Crippen molar-refractivity contribution in [3.05, 3.63) is 23.5 Å². The Bertz CT molecular complexity index is 308. The van der Waals surface area contributed by atoms with Gasteiger partial charge in [-0.3, -0.25) is 4.90 Å². The monoisotopic (exact) mass is 206 g/mol. The Morgan fingerprint density at radius 2 is 1.93 bits per heavy atom. The molecule has 0 radical (unpaired) electrons. The lowest BCUT2D eigenvalue weighted by Gasteiger charge is -2.24. The molecule has 0 bridgehead atoms. The third-order valence-electron chi connectivity index (χ3n) is 3.72. The predicted octanol–water partition coefficient (Wildman–Crippen LogP) is 2.59. The molecule has 1 saturated heterocycles. The minimum atomic E-state index is 0.764. The second-order valence-electron chi connectivity index (χ2n) is 4.65. The first-order valence-corrected chi connectivity index (χ1v) is 6.09. The molecule has 0 amide bonds. The van der Waals surface area contributed by atoms with Crippen molar-refractivity contribution in [3.8, 4) is 0 Å². The van der Waals surface area contributed by atoms with Crippen molar-refractivity contribution in [3.63, 3.8) is 0 Å². The second-order valence-corrected chi connectivity index (χ2v) is 4.65. The van der Waals surface area contributed by atoms with Crippen molar-refractivity contribution in [2.45, 2.75) is 46.2 Å². The summed E-state index contributed by atoms with van der Waals surface area (Å²) in [5.74, 6) is 0. The number of hydrogen-bond acceptors (Lipinski definition) is 1. The molecule has 1 aliphatic rings. The first-order chi connectivity index (χ1) is 7.22. The molecule has 15 heavy (non-hydrogen) atoms. The number of aromatic nitrogens is 1. The van der Waals surface area contributed by atoms with Crippen molar-refractivity contribution in [1.82, 2.24) is 9.47 Å². The second kappa shape index (κ2) is 4.40. The van der Waals surface area contributed by atoms with Crippen molar-refractivity contribution < 1.29 is 0 Å². The maximum Gasteiger partial charge on any atom is 0.0380 e. The lowest BCUT2D eigenvalue weighted by atomic mass is 10.2. The number of hydrogen-bond donors (Lipinski definition) is 0. The normalized spacial score (nSPS) is 22.5. The highest BCUT2D eigenvalue weighted by molar-refractivity contribution is 5.14. The van der Waals surface area contributed by atoms with Crippen molar-refractivity contribution >= 4 is 0 Å². The van der Waals surface area contributed by atoms with Crippen LogP contribution in [0.2, 0.25) is 0 Å². The molecule has 1 aliphatic heterocycles. The molecule has 2 heterocycles. The zero-order chi connectivity index (χ0) is 10.8. The average molecular weight is 206 g/mol. The molecule has 84 valence electrons. The molecule has 1 aromatic heterocycles. The van der Waals surface area contributed by atoms with Crippen LogP contribution < -0.4 is 0 Å². The fourth-order valence-corrected chi connectivity index (χ4v) is 2.72. The Kier molecular flexibility index (Phi) is 3.15. The molecule has 1 unspecified atom stereocenters. The summed E-state index contributed by atoms with van der Waals surface area (Å²) in [5.41, 5.74) is 2.80. The van der Waals surface area contributed by atoms with Crippen LogP contribution in [0.5, 0.6) is 0 Å². The Morgan fingerprint density at radius 3 is 2.53 bits per heavy atom. The third-order valence-corrected chi connectivity index (χ3v) is 3.72. The highest BCUT2D eigenvalue weighted by atomic mass is 15.2. The molecule has 0 N–H and O–H groups in total. The number of aryl methyl sites for hydroxylation is 2. The first kappa shape index (κ1) is 10.7. The van der Waals surface area contributed by atoms with E-state index in [1.54, 1.807) is 0 Å². The van der Waals surface area contributed by atoms with Gasteiger partial charge in [0.25, 0.3) is 0 Å². The van der Waals surface area contributed by atoms with Gasteiger partial charge in [0.1, 0.15) is 0 Å². The summed E-state index contributed by atoms with van der Waals surface area (Å²) in [4.78, 5) is 2.61. The van der Waals surface area contributed by atoms with Gasteiger partial charge < -0.3 is 4.57 Å². The van der Waals surface area contributed by atoms with Crippen LogP contribution in [0.4, 0.5) is 0 Å². The van der Waals surface area contributed by atoms with E-state index in [4.69, 9.17) is 0 Å². The fourth-order valence-electron chi connectivity index (χ4n) is 2.72. The maximum absolute atomic E-state index is 2.61. The van der Waals surface area contributed by atoms with E-state index >= 15 is 0 Å². The van der Waals surface area contributed by atoms with Gasteiger partial charge >= 0.3 is 0 Å². The van der Waals surface area contributed by atoms with Crippen molar-refractivity contribution in [2.75, 3.05) is 13.1 Å². The highest BCUT2D eigenvalue weighted by Gasteiger charge is 2.23. The number of rotatable bonds is 3. The van der Waals surface area contributed by atoms with Crippen LogP contribution in [0.3, 0.4) is 0 Å². The van der Waals surface area contributed by atoms with Crippen LogP contribution in [0.15, 0.2) is 12.1 Å². The van der Waals surface area contributed by atoms with Crippen molar-refractivity contribution in [1.29, 1.82) is 0 Å². The van der Waals surface area contributed by atoms with Gasteiger partial charge in [-0.25, -0.2) is 0 Å². The summed E-state index contributed by atoms with van der Waals surface area (Å²) < 4.78 is 2.46. The molecule has 2 nitrogen and oxygen atoms in total. The summed E-state index contributed by atoms with van der Waals surface area (Å²) in [6.45, 7) is 10.4. The minimum Gasteiger partial charge on any atom is -0.348 e. The number of nitrogens with zero attached hydrogens (tertiary/aromatic N) is 2. The van der Waals surface area contributed by atoms with E-state index in [1.807, 2.05) is 0 Å². The Hall–Kier alpha value is -0.760.